The van der Waals surface area contributed by atoms with Crippen LogP contribution in [0, 0.1) is 0 Å². The van der Waals surface area contributed by atoms with Gasteiger partial charge in [-0.2, -0.15) is 0 Å². The van der Waals surface area contributed by atoms with Gasteiger partial charge < -0.3 is 5.73 Å². The van der Waals surface area contributed by atoms with Crippen molar-refractivity contribution in [1.29, 1.82) is 0 Å². The van der Waals surface area contributed by atoms with E-state index in [1.54, 1.807) is 16.8 Å². The Bertz CT molecular complexity index is 503. The molecule has 0 saturated carbocycles. The lowest BCUT2D eigenvalue weighted by atomic mass is 10.2. The fourth-order valence-corrected chi connectivity index (χ4v) is 1.45. The lowest BCUT2D eigenvalue weighted by Gasteiger charge is -2.05. The Labute approximate surface area is 87.8 Å². The van der Waals surface area contributed by atoms with Gasteiger partial charge in [0.2, 0.25) is 0 Å². The predicted octanol–water partition coefficient (Wildman–Crippen LogP) is 1.30. The minimum Gasteiger partial charge on any atom is -0.326 e. The number of para-hydroxylation sites is 1. The molecule has 1 heterocycles. The van der Waals surface area contributed by atoms with Crippen molar-refractivity contribution < 1.29 is 0 Å². The molecule has 1 aromatic carbocycles. The van der Waals surface area contributed by atoms with Crippen LogP contribution in [-0.4, -0.2) is 4.57 Å². The Hall–Kier alpha value is -1.87. The van der Waals surface area contributed by atoms with Gasteiger partial charge in [0, 0.05) is 24.5 Å². The first-order chi connectivity index (χ1) is 7.31. The van der Waals surface area contributed by atoms with E-state index in [-0.39, 0.29) is 5.56 Å². The summed E-state index contributed by atoms with van der Waals surface area (Å²) in [4.78, 5) is 11.7. The molecule has 0 radical (unpaired) electrons. The Morgan fingerprint density at radius 1 is 1.13 bits per heavy atom. The Morgan fingerprint density at radius 2 is 1.87 bits per heavy atom. The summed E-state index contributed by atoms with van der Waals surface area (Å²) in [6, 6.07) is 12.9. The second-order valence-electron chi connectivity index (χ2n) is 3.28. The summed E-state index contributed by atoms with van der Waals surface area (Å²) >= 11 is 0. The van der Waals surface area contributed by atoms with Crippen LogP contribution in [0.4, 0.5) is 0 Å². The number of hydrogen-bond donors (Lipinski definition) is 1. The van der Waals surface area contributed by atoms with Crippen LogP contribution in [0.2, 0.25) is 0 Å². The van der Waals surface area contributed by atoms with E-state index in [2.05, 4.69) is 0 Å². The van der Waals surface area contributed by atoms with Gasteiger partial charge in [-0.15, -0.1) is 0 Å². The summed E-state index contributed by atoms with van der Waals surface area (Å²) in [6.07, 6.45) is 1.75. The molecule has 0 aliphatic heterocycles. The van der Waals surface area contributed by atoms with Gasteiger partial charge in [-0.25, -0.2) is 0 Å². The average Bonchev–Trinajstić information content (AvgIpc) is 2.30. The highest BCUT2D eigenvalue weighted by molar-refractivity contribution is 5.32. The molecule has 3 heteroatoms. The maximum absolute atomic E-state index is 11.7. The second-order valence-corrected chi connectivity index (χ2v) is 3.28. The summed E-state index contributed by atoms with van der Waals surface area (Å²) in [7, 11) is 0. The molecule has 0 fully saturated rings. The molecule has 0 aliphatic rings. The van der Waals surface area contributed by atoms with Crippen LogP contribution in [0.3, 0.4) is 0 Å². The third kappa shape index (κ3) is 1.97. The third-order valence-corrected chi connectivity index (χ3v) is 2.25. The van der Waals surface area contributed by atoms with Crippen LogP contribution in [-0.2, 0) is 6.54 Å². The van der Waals surface area contributed by atoms with E-state index < -0.39 is 0 Å². The molecule has 0 spiro atoms. The second kappa shape index (κ2) is 4.11. The summed E-state index contributed by atoms with van der Waals surface area (Å²) in [5, 5.41) is 0. The largest absolute Gasteiger partial charge is 0.326 e. The van der Waals surface area contributed by atoms with Gasteiger partial charge >= 0.3 is 0 Å². The standard InChI is InChI=1S/C12H12N2O/c13-9-10-6-7-14(12(15)8-10)11-4-2-1-3-5-11/h1-8H,9,13H2. The smallest absolute Gasteiger partial charge is 0.255 e. The molecule has 3 nitrogen and oxygen atoms in total. The molecule has 15 heavy (non-hydrogen) atoms. The predicted molar refractivity (Wildman–Crippen MR) is 59.9 cm³/mol. The number of benzene rings is 1. The number of aromatic nitrogens is 1. The van der Waals surface area contributed by atoms with Gasteiger partial charge in [0.05, 0.1) is 0 Å². The highest BCUT2D eigenvalue weighted by Gasteiger charge is 1.98. The Morgan fingerprint density at radius 3 is 2.47 bits per heavy atom. The molecule has 2 aromatic rings. The van der Waals surface area contributed by atoms with Crippen LogP contribution >= 0.6 is 0 Å². The molecule has 1 aromatic heterocycles. The van der Waals surface area contributed by atoms with E-state index in [4.69, 9.17) is 5.73 Å². The lowest BCUT2D eigenvalue weighted by Crippen LogP contribution is -2.17. The third-order valence-electron chi connectivity index (χ3n) is 2.25. The topological polar surface area (TPSA) is 48.0 Å². The molecule has 2 rings (SSSR count). The number of hydrogen-bond acceptors (Lipinski definition) is 2. The molecule has 76 valence electrons. The van der Waals surface area contributed by atoms with Crippen LogP contribution in [0.15, 0.2) is 53.5 Å². The summed E-state index contributed by atoms with van der Waals surface area (Å²) in [6.45, 7) is 0.394. The number of nitrogens with two attached hydrogens (primary N) is 1. The van der Waals surface area contributed by atoms with Gasteiger partial charge in [-0.3, -0.25) is 9.36 Å². The Balaban J connectivity index is 2.51. The summed E-state index contributed by atoms with van der Waals surface area (Å²) < 4.78 is 1.60. The normalized spacial score (nSPS) is 10.2. The van der Waals surface area contributed by atoms with Gasteiger partial charge in [0.15, 0.2) is 0 Å². The molecular formula is C12H12N2O. The van der Waals surface area contributed by atoms with Crippen molar-refractivity contribution in [1.82, 2.24) is 4.57 Å². The fourth-order valence-electron chi connectivity index (χ4n) is 1.45. The van der Waals surface area contributed by atoms with Crippen LogP contribution in [0.5, 0.6) is 0 Å². The molecule has 0 aliphatic carbocycles. The molecule has 0 bridgehead atoms. The lowest BCUT2D eigenvalue weighted by molar-refractivity contribution is 0.956. The van der Waals surface area contributed by atoms with Crippen LogP contribution < -0.4 is 11.3 Å². The van der Waals surface area contributed by atoms with E-state index in [0.717, 1.165) is 11.3 Å². The molecule has 0 unspecified atom stereocenters. The number of rotatable bonds is 2. The zero-order valence-corrected chi connectivity index (χ0v) is 8.26. The van der Waals surface area contributed by atoms with Gasteiger partial charge in [0.1, 0.15) is 0 Å². The maximum atomic E-state index is 11.7. The Kier molecular flexibility index (Phi) is 2.65. The van der Waals surface area contributed by atoms with Crippen LogP contribution in [0.1, 0.15) is 5.56 Å². The van der Waals surface area contributed by atoms with Crippen molar-refractivity contribution >= 4 is 0 Å². The summed E-state index contributed by atoms with van der Waals surface area (Å²) in [5.74, 6) is 0. The first-order valence-electron chi connectivity index (χ1n) is 4.78. The zero-order valence-electron chi connectivity index (χ0n) is 8.26. The first-order valence-corrected chi connectivity index (χ1v) is 4.78. The molecule has 0 amide bonds. The molecule has 2 N–H and O–H groups in total. The van der Waals surface area contributed by atoms with Crippen molar-refractivity contribution in [3.63, 3.8) is 0 Å². The molecule has 0 saturated heterocycles. The minimum atomic E-state index is -0.0517. The monoisotopic (exact) mass is 200 g/mol. The van der Waals surface area contributed by atoms with Gasteiger partial charge in [-0.1, -0.05) is 18.2 Å². The molecule has 0 atom stereocenters. The first kappa shape index (κ1) is 9.68. The fraction of sp³-hybridized carbons (Fsp3) is 0.0833. The zero-order chi connectivity index (χ0) is 10.7. The van der Waals surface area contributed by atoms with E-state index in [1.807, 2.05) is 36.4 Å². The number of pyridine rings is 1. The maximum Gasteiger partial charge on any atom is 0.255 e. The minimum absolute atomic E-state index is 0.0517. The van der Waals surface area contributed by atoms with E-state index in [9.17, 15) is 4.79 Å². The SMILES string of the molecule is NCc1ccn(-c2ccccc2)c(=O)c1. The number of nitrogens with zero attached hydrogens (tertiary/aromatic N) is 1. The van der Waals surface area contributed by atoms with E-state index >= 15 is 0 Å². The van der Waals surface area contributed by atoms with Crippen molar-refractivity contribution in [3.8, 4) is 5.69 Å². The van der Waals surface area contributed by atoms with Crippen molar-refractivity contribution in [2.75, 3.05) is 0 Å². The highest BCUT2D eigenvalue weighted by atomic mass is 16.1. The van der Waals surface area contributed by atoms with E-state index in [1.165, 1.54) is 0 Å². The quantitative estimate of drug-likeness (QED) is 0.794. The van der Waals surface area contributed by atoms with Crippen molar-refractivity contribution in [3.05, 3.63) is 64.6 Å². The average molecular weight is 200 g/mol. The van der Waals surface area contributed by atoms with Gasteiger partial charge in [-0.05, 0) is 23.8 Å². The van der Waals surface area contributed by atoms with Crippen molar-refractivity contribution in [2.45, 2.75) is 6.54 Å². The summed E-state index contributed by atoms with van der Waals surface area (Å²) in [5.41, 5.74) is 7.13. The van der Waals surface area contributed by atoms with Crippen LogP contribution in [0.25, 0.3) is 5.69 Å². The van der Waals surface area contributed by atoms with Gasteiger partial charge in [0.25, 0.3) is 5.56 Å². The molecular weight excluding hydrogens is 188 g/mol. The highest BCUT2D eigenvalue weighted by Crippen LogP contribution is 2.04. The van der Waals surface area contributed by atoms with Crippen molar-refractivity contribution in [2.24, 2.45) is 5.73 Å². The van der Waals surface area contributed by atoms with E-state index in [0.29, 0.717) is 6.54 Å².